The molecule has 1 heterocycles. The molecule has 0 fully saturated rings. The molecule has 3 nitrogen and oxygen atoms in total. The van der Waals surface area contributed by atoms with Crippen LogP contribution in [-0.2, 0) is 0 Å². The van der Waals surface area contributed by atoms with Crippen LogP contribution in [0.2, 0.25) is 0 Å². The van der Waals surface area contributed by atoms with Crippen molar-refractivity contribution >= 4 is 16.6 Å². The molecule has 0 amide bonds. The van der Waals surface area contributed by atoms with E-state index in [1.54, 1.807) is 6.92 Å². The van der Waals surface area contributed by atoms with Gasteiger partial charge in [0.2, 0.25) is 5.43 Å². The van der Waals surface area contributed by atoms with Crippen molar-refractivity contribution in [2.45, 2.75) is 13.8 Å². The number of carbonyl (C=O) groups excluding carboxylic acids is 1. The SMILES string of the molecule is CC(=O)c1oc(C)c2c(=O)c12. The fraction of sp³-hybridized carbons (Fsp3) is 0.250. The topological polar surface area (TPSA) is 47.3 Å². The first kappa shape index (κ1) is 6.34. The molecule has 3 heteroatoms. The molecule has 0 aliphatic rings. The van der Waals surface area contributed by atoms with Crippen molar-refractivity contribution in [1.29, 1.82) is 0 Å². The normalized spacial score (nSPS) is 11.5. The van der Waals surface area contributed by atoms with Gasteiger partial charge in [0.15, 0.2) is 11.5 Å². The number of hydrogen-bond donors (Lipinski definition) is 0. The number of hydrogen-bond acceptors (Lipinski definition) is 3. The Kier molecular flexibility index (Phi) is 0.929. The Labute approximate surface area is 62.3 Å². The van der Waals surface area contributed by atoms with E-state index in [4.69, 9.17) is 4.42 Å². The minimum Gasteiger partial charge on any atom is -0.457 e. The van der Waals surface area contributed by atoms with Gasteiger partial charge in [0.25, 0.3) is 0 Å². The lowest BCUT2D eigenvalue weighted by molar-refractivity contribution is 0.0988. The monoisotopic (exact) mass is 150 g/mol. The Morgan fingerprint density at radius 3 is 2.27 bits per heavy atom. The van der Waals surface area contributed by atoms with E-state index in [9.17, 15) is 9.59 Å². The van der Waals surface area contributed by atoms with E-state index in [1.165, 1.54) is 6.92 Å². The van der Waals surface area contributed by atoms with E-state index in [2.05, 4.69) is 0 Å². The van der Waals surface area contributed by atoms with Gasteiger partial charge in [0.05, 0.1) is 10.8 Å². The van der Waals surface area contributed by atoms with Crippen molar-refractivity contribution in [2.24, 2.45) is 0 Å². The van der Waals surface area contributed by atoms with Crippen molar-refractivity contribution in [3.8, 4) is 0 Å². The van der Waals surface area contributed by atoms with Crippen LogP contribution in [0.4, 0.5) is 0 Å². The Hall–Kier alpha value is -1.38. The lowest BCUT2D eigenvalue weighted by Gasteiger charge is -1.85. The molecule has 56 valence electrons. The second-order valence-corrected chi connectivity index (χ2v) is 2.62. The number of rotatable bonds is 1. The summed E-state index contributed by atoms with van der Waals surface area (Å²) in [5.41, 5.74) is -0.0287. The first-order valence-corrected chi connectivity index (χ1v) is 3.32. The summed E-state index contributed by atoms with van der Waals surface area (Å²) in [6.45, 7) is 3.08. The highest BCUT2D eigenvalue weighted by Crippen LogP contribution is 2.26. The molecule has 0 aliphatic carbocycles. The second-order valence-electron chi connectivity index (χ2n) is 2.62. The molecule has 0 unspecified atom stereocenters. The first-order chi connectivity index (χ1) is 5.13. The summed E-state index contributed by atoms with van der Waals surface area (Å²) < 4.78 is 5.04. The molecule has 0 saturated heterocycles. The Bertz CT molecular complexity index is 452. The van der Waals surface area contributed by atoms with Crippen LogP contribution in [0.1, 0.15) is 23.2 Å². The van der Waals surface area contributed by atoms with E-state index < -0.39 is 0 Å². The average Bonchev–Trinajstić information content (AvgIpc) is 2.37. The maximum absolute atomic E-state index is 10.9. The van der Waals surface area contributed by atoms with Crippen LogP contribution in [0, 0.1) is 6.92 Å². The highest BCUT2D eigenvalue weighted by Gasteiger charge is 2.26. The van der Waals surface area contributed by atoms with Gasteiger partial charge >= 0.3 is 0 Å². The predicted molar refractivity (Wildman–Crippen MR) is 39.6 cm³/mol. The van der Waals surface area contributed by atoms with Crippen LogP contribution < -0.4 is 5.43 Å². The summed E-state index contributed by atoms with van der Waals surface area (Å²) >= 11 is 0. The molecule has 0 bridgehead atoms. The van der Waals surface area contributed by atoms with Crippen LogP contribution in [0.5, 0.6) is 0 Å². The molecule has 2 aromatic rings. The van der Waals surface area contributed by atoms with Crippen LogP contribution >= 0.6 is 0 Å². The summed E-state index contributed by atoms with van der Waals surface area (Å²) in [7, 11) is 0. The van der Waals surface area contributed by atoms with Gasteiger partial charge in [-0.05, 0) is 6.92 Å². The molecule has 11 heavy (non-hydrogen) atoms. The highest BCUT2D eigenvalue weighted by molar-refractivity contribution is 6.13. The highest BCUT2D eigenvalue weighted by atomic mass is 16.3. The molecule has 0 N–H and O–H groups in total. The minimum absolute atomic E-state index is 0.0287. The third-order valence-electron chi connectivity index (χ3n) is 1.80. The van der Waals surface area contributed by atoms with Gasteiger partial charge in [0.1, 0.15) is 5.76 Å². The Morgan fingerprint density at radius 2 is 2.00 bits per heavy atom. The van der Waals surface area contributed by atoms with Gasteiger partial charge in [0, 0.05) is 6.92 Å². The molecular weight excluding hydrogens is 144 g/mol. The van der Waals surface area contributed by atoms with E-state index in [0.29, 0.717) is 16.5 Å². The molecule has 0 saturated carbocycles. The Balaban J connectivity index is 2.79. The second kappa shape index (κ2) is 1.61. The van der Waals surface area contributed by atoms with Crippen molar-refractivity contribution in [3.05, 3.63) is 21.7 Å². The molecule has 1 aromatic heterocycles. The van der Waals surface area contributed by atoms with Crippen molar-refractivity contribution in [1.82, 2.24) is 0 Å². The smallest absolute Gasteiger partial charge is 0.202 e. The van der Waals surface area contributed by atoms with Crippen molar-refractivity contribution in [2.75, 3.05) is 0 Å². The zero-order valence-corrected chi connectivity index (χ0v) is 6.22. The van der Waals surface area contributed by atoms with Gasteiger partial charge in [-0.1, -0.05) is 0 Å². The van der Waals surface area contributed by atoms with Gasteiger partial charge < -0.3 is 4.42 Å². The molecule has 0 radical (unpaired) electrons. The molecule has 0 aliphatic heterocycles. The van der Waals surface area contributed by atoms with Crippen LogP contribution in [0.3, 0.4) is 0 Å². The summed E-state index contributed by atoms with van der Waals surface area (Å²) in [4.78, 5) is 21.7. The number of Topliss-reactive ketones (excluding diaryl/α,β-unsaturated/α-hetero) is 1. The van der Waals surface area contributed by atoms with Gasteiger partial charge in [-0.3, -0.25) is 9.59 Å². The average molecular weight is 150 g/mol. The third-order valence-corrected chi connectivity index (χ3v) is 1.80. The third kappa shape index (κ3) is 0.623. The maximum Gasteiger partial charge on any atom is 0.202 e. The molecule has 0 spiro atoms. The molecular formula is C8H6O3. The molecule has 1 aromatic carbocycles. The molecule has 0 atom stereocenters. The van der Waals surface area contributed by atoms with Gasteiger partial charge in [-0.15, -0.1) is 0 Å². The van der Waals surface area contributed by atoms with Crippen LogP contribution in [0.15, 0.2) is 9.21 Å². The minimum atomic E-state index is -0.180. The summed E-state index contributed by atoms with van der Waals surface area (Å²) in [5, 5.41) is 1.10. The lowest BCUT2D eigenvalue weighted by Crippen LogP contribution is -1.91. The van der Waals surface area contributed by atoms with Gasteiger partial charge in [-0.25, -0.2) is 0 Å². The maximum atomic E-state index is 10.9. The number of furan rings is 1. The Morgan fingerprint density at radius 1 is 1.36 bits per heavy atom. The quantitative estimate of drug-likeness (QED) is 0.573. The number of aryl methyl sites for hydroxylation is 1. The number of fused-ring (bicyclic) bond motifs is 1. The standard InChI is InChI=1S/C8H6O3/c1-3(9)8-6-5(7(6)10)4(2)11-8/h1-2H3. The summed E-state index contributed by atoms with van der Waals surface area (Å²) in [6.07, 6.45) is 0. The van der Waals surface area contributed by atoms with Gasteiger partial charge in [-0.2, -0.15) is 0 Å². The fourth-order valence-electron chi connectivity index (χ4n) is 1.23. The van der Waals surface area contributed by atoms with E-state index in [1.807, 2.05) is 0 Å². The fourth-order valence-corrected chi connectivity index (χ4v) is 1.23. The predicted octanol–water partition coefficient (Wildman–Crippen LogP) is 1.18. The van der Waals surface area contributed by atoms with Crippen LogP contribution in [0.25, 0.3) is 10.8 Å². The van der Waals surface area contributed by atoms with E-state index >= 15 is 0 Å². The van der Waals surface area contributed by atoms with Crippen molar-refractivity contribution < 1.29 is 9.21 Å². The summed E-state index contributed by atoms with van der Waals surface area (Å²) in [5.74, 6) is 0.609. The largest absolute Gasteiger partial charge is 0.457 e. The zero-order valence-electron chi connectivity index (χ0n) is 6.22. The van der Waals surface area contributed by atoms with Crippen LogP contribution in [-0.4, -0.2) is 5.78 Å². The van der Waals surface area contributed by atoms with Crippen molar-refractivity contribution in [3.63, 3.8) is 0 Å². The summed E-state index contributed by atoms with van der Waals surface area (Å²) in [6, 6.07) is 0. The zero-order chi connectivity index (χ0) is 8.17. The molecule has 2 rings (SSSR count). The van der Waals surface area contributed by atoms with E-state index in [0.717, 1.165) is 0 Å². The first-order valence-electron chi connectivity index (χ1n) is 3.32. The number of carbonyl (C=O) groups is 1. The lowest BCUT2D eigenvalue weighted by atomic mass is 10.3. The van der Waals surface area contributed by atoms with E-state index in [-0.39, 0.29) is 17.0 Å². The number of ketones is 1.